The van der Waals surface area contributed by atoms with Gasteiger partial charge in [-0.1, -0.05) is 0 Å². The first-order valence-electron chi connectivity index (χ1n) is 5.30. The summed E-state index contributed by atoms with van der Waals surface area (Å²) in [6, 6.07) is -0.374. The van der Waals surface area contributed by atoms with Crippen LogP contribution in [0.4, 0.5) is 0 Å². The van der Waals surface area contributed by atoms with E-state index in [-0.39, 0.29) is 22.7 Å². The maximum Gasteiger partial charge on any atom is 0.257 e. The largest absolute Gasteiger partial charge is 0.469 e. The Labute approximate surface area is 112 Å². The van der Waals surface area contributed by atoms with Crippen molar-refractivity contribution in [2.24, 2.45) is 0 Å². The number of rotatable bonds is 5. The zero-order valence-electron chi connectivity index (χ0n) is 9.52. The molecule has 1 N–H and O–H groups in total. The highest BCUT2D eigenvalue weighted by molar-refractivity contribution is 7.91. The van der Waals surface area contributed by atoms with Crippen LogP contribution in [0.25, 0.3) is 0 Å². The SMILES string of the molecule is CCOCCOC(=S)N[C@H]1CS(=O)(=O)C[C@H]1Cl. The molecule has 0 aromatic heterocycles. The minimum Gasteiger partial charge on any atom is -0.469 e. The van der Waals surface area contributed by atoms with Crippen molar-refractivity contribution in [3.63, 3.8) is 0 Å². The van der Waals surface area contributed by atoms with E-state index in [0.717, 1.165) is 0 Å². The van der Waals surface area contributed by atoms with Crippen molar-refractivity contribution in [3.05, 3.63) is 0 Å². The van der Waals surface area contributed by atoms with Crippen molar-refractivity contribution in [1.82, 2.24) is 5.32 Å². The highest BCUT2D eigenvalue weighted by Gasteiger charge is 2.36. The second kappa shape index (κ2) is 6.72. The fourth-order valence-corrected chi connectivity index (χ4v) is 4.25. The normalized spacial score (nSPS) is 26.7. The predicted molar refractivity (Wildman–Crippen MR) is 70.3 cm³/mol. The molecule has 1 aliphatic heterocycles. The topological polar surface area (TPSA) is 64.6 Å². The summed E-state index contributed by atoms with van der Waals surface area (Å²) in [6.07, 6.45) is 0. The standard InChI is InChI=1S/C9H16ClNO4S2/c1-2-14-3-4-15-9(16)11-8-6-17(12,13)5-7(8)10/h7-8H,2-6H2,1H3,(H,11,16)/t7-,8+/m1/s1. The lowest BCUT2D eigenvalue weighted by Gasteiger charge is -2.16. The average molecular weight is 302 g/mol. The lowest BCUT2D eigenvalue weighted by Crippen LogP contribution is -2.41. The molecule has 0 radical (unpaired) electrons. The summed E-state index contributed by atoms with van der Waals surface area (Å²) in [5, 5.41) is 2.50. The summed E-state index contributed by atoms with van der Waals surface area (Å²) in [5.74, 6) is -0.0239. The van der Waals surface area contributed by atoms with Gasteiger partial charge in [0.15, 0.2) is 9.84 Å². The van der Waals surface area contributed by atoms with Crippen LogP contribution in [-0.2, 0) is 19.3 Å². The molecular formula is C9H16ClNO4S2. The highest BCUT2D eigenvalue weighted by atomic mass is 35.5. The average Bonchev–Trinajstić information content (AvgIpc) is 2.47. The van der Waals surface area contributed by atoms with Crippen LogP contribution >= 0.6 is 23.8 Å². The number of ether oxygens (including phenoxy) is 2. The van der Waals surface area contributed by atoms with E-state index < -0.39 is 15.2 Å². The molecule has 1 saturated heterocycles. The van der Waals surface area contributed by atoms with Crippen LogP contribution in [0.15, 0.2) is 0 Å². The van der Waals surface area contributed by atoms with Crippen molar-refractivity contribution < 1.29 is 17.9 Å². The van der Waals surface area contributed by atoms with E-state index in [4.69, 9.17) is 33.3 Å². The number of alkyl halides is 1. The Morgan fingerprint density at radius 1 is 1.47 bits per heavy atom. The molecule has 17 heavy (non-hydrogen) atoms. The molecule has 0 saturated carbocycles. The highest BCUT2D eigenvalue weighted by Crippen LogP contribution is 2.17. The van der Waals surface area contributed by atoms with Crippen molar-refractivity contribution in [2.75, 3.05) is 31.3 Å². The third-order valence-electron chi connectivity index (χ3n) is 2.25. The molecule has 0 bridgehead atoms. The summed E-state index contributed by atoms with van der Waals surface area (Å²) >= 11 is 10.8. The molecule has 1 heterocycles. The van der Waals surface area contributed by atoms with Gasteiger partial charge in [-0.05, 0) is 19.1 Å². The molecule has 0 amide bonds. The number of hydrogen-bond donors (Lipinski definition) is 1. The fourth-order valence-electron chi connectivity index (χ4n) is 1.47. The van der Waals surface area contributed by atoms with Gasteiger partial charge in [-0.2, -0.15) is 0 Å². The van der Waals surface area contributed by atoms with Crippen LogP contribution < -0.4 is 5.32 Å². The molecule has 0 unspecified atom stereocenters. The zero-order chi connectivity index (χ0) is 12.9. The van der Waals surface area contributed by atoms with Crippen LogP contribution in [0.1, 0.15) is 6.92 Å². The van der Waals surface area contributed by atoms with Crippen molar-refractivity contribution in [3.8, 4) is 0 Å². The number of nitrogens with one attached hydrogen (secondary N) is 1. The number of thiocarbonyl (C=S) groups is 1. The third-order valence-corrected chi connectivity index (χ3v) is 4.86. The Bertz CT molecular complexity index is 360. The Morgan fingerprint density at radius 3 is 2.71 bits per heavy atom. The van der Waals surface area contributed by atoms with Gasteiger partial charge >= 0.3 is 0 Å². The Hall–Kier alpha value is -0.110. The first kappa shape index (κ1) is 14.9. The smallest absolute Gasteiger partial charge is 0.257 e. The van der Waals surface area contributed by atoms with Gasteiger partial charge in [-0.15, -0.1) is 11.6 Å². The quantitative estimate of drug-likeness (QED) is 0.448. The van der Waals surface area contributed by atoms with Crippen molar-refractivity contribution in [2.45, 2.75) is 18.3 Å². The van der Waals surface area contributed by atoms with E-state index >= 15 is 0 Å². The lowest BCUT2D eigenvalue weighted by atomic mass is 10.3. The van der Waals surface area contributed by atoms with E-state index in [0.29, 0.717) is 19.8 Å². The molecule has 1 aliphatic rings. The summed E-state index contributed by atoms with van der Waals surface area (Å²) < 4.78 is 32.8. The number of hydrogen-bond acceptors (Lipinski definition) is 5. The van der Waals surface area contributed by atoms with Gasteiger partial charge in [-0.3, -0.25) is 0 Å². The van der Waals surface area contributed by atoms with Gasteiger partial charge in [-0.25, -0.2) is 8.42 Å². The van der Waals surface area contributed by atoms with Crippen LogP contribution in [0, 0.1) is 0 Å². The Kier molecular flexibility index (Phi) is 5.91. The summed E-state index contributed by atoms with van der Waals surface area (Å²) in [5.41, 5.74) is 0. The predicted octanol–water partition coefficient (Wildman–Crippen LogP) is 0.318. The first-order chi connectivity index (χ1) is 7.94. The maximum absolute atomic E-state index is 11.3. The minimum atomic E-state index is -3.05. The van der Waals surface area contributed by atoms with Crippen LogP contribution in [0.2, 0.25) is 0 Å². The van der Waals surface area contributed by atoms with Crippen LogP contribution in [0.5, 0.6) is 0 Å². The molecule has 0 spiro atoms. The van der Waals surface area contributed by atoms with Gasteiger partial charge < -0.3 is 14.8 Å². The monoisotopic (exact) mass is 301 g/mol. The van der Waals surface area contributed by atoms with E-state index in [9.17, 15) is 8.42 Å². The molecule has 100 valence electrons. The van der Waals surface area contributed by atoms with Gasteiger partial charge in [0.25, 0.3) is 5.17 Å². The minimum absolute atomic E-state index is 0.00384. The maximum atomic E-state index is 11.3. The summed E-state index contributed by atoms with van der Waals surface area (Å²) in [7, 11) is -3.05. The van der Waals surface area contributed by atoms with Gasteiger partial charge in [0.05, 0.1) is 29.5 Å². The van der Waals surface area contributed by atoms with Gasteiger partial charge in [0, 0.05) is 6.61 Å². The Morgan fingerprint density at radius 2 is 2.18 bits per heavy atom. The van der Waals surface area contributed by atoms with E-state index in [1.165, 1.54) is 0 Å². The molecule has 1 rings (SSSR count). The molecule has 1 fully saturated rings. The second-order valence-electron chi connectivity index (χ2n) is 3.68. The van der Waals surface area contributed by atoms with Crippen LogP contribution in [-0.4, -0.2) is 56.3 Å². The Balaban J connectivity index is 2.27. The molecule has 5 nitrogen and oxygen atoms in total. The molecule has 2 atom stereocenters. The van der Waals surface area contributed by atoms with Crippen LogP contribution in [0.3, 0.4) is 0 Å². The second-order valence-corrected chi connectivity index (χ2v) is 6.76. The molecule has 8 heteroatoms. The zero-order valence-corrected chi connectivity index (χ0v) is 11.9. The molecule has 0 aromatic carbocycles. The first-order valence-corrected chi connectivity index (χ1v) is 7.96. The van der Waals surface area contributed by atoms with Crippen molar-refractivity contribution >= 4 is 38.8 Å². The number of sulfone groups is 1. The lowest BCUT2D eigenvalue weighted by molar-refractivity contribution is 0.105. The number of halogens is 1. The molecule has 0 aromatic rings. The molecule has 0 aliphatic carbocycles. The van der Waals surface area contributed by atoms with Gasteiger partial charge in [0.2, 0.25) is 0 Å². The third kappa shape index (κ3) is 5.37. The van der Waals surface area contributed by atoms with E-state index in [1.54, 1.807) is 0 Å². The fraction of sp³-hybridized carbons (Fsp3) is 0.889. The van der Waals surface area contributed by atoms with E-state index in [2.05, 4.69) is 5.32 Å². The van der Waals surface area contributed by atoms with E-state index in [1.807, 2.05) is 6.92 Å². The molecular weight excluding hydrogens is 286 g/mol. The summed E-state index contributed by atoms with van der Waals surface area (Å²) in [6.45, 7) is 3.30. The summed E-state index contributed by atoms with van der Waals surface area (Å²) in [4.78, 5) is 0. The van der Waals surface area contributed by atoms with Gasteiger partial charge in [0.1, 0.15) is 6.61 Å². The van der Waals surface area contributed by atoms with Crippen molar-refractivity contribution in [1.29, 1.82) is 0 Å².